The molecule has 1 aromatic rings. The number of nitrogens with zero attached hydrogens (tertiary/aromatic N) is 1. The van der Waals surface area contributed by atoms with Gasteiger partial charge in [-0.25, -0.2) is 21.9 Å². The molecule has 0 aromatic heterocycles. The zero-order valence-corrected chi connectivity index (χ0v) is 12.0. The van der Waals surface area contributed by atoms with Gasteiger partial charge in [0.2, 0.25) is 15.9 Å². The van der Waals surface area contributed by atoms with Crippen molar-refractivity contribution in [1.82, 2.24) is 4.72 Å². The van der Waals surface area contributed by atoms with E-state index in [1.165, 1.54) is 13.0 Å². The average Bonchev–Trinajstić information content (AvgIpc) is 2.36. The fourth-order valence-corrected chi connectivity index (χ4v) is 2.20. The highest BCUT2D eigenvalue weighted by Gasteiger charge is 2.20. The standard InChI is InChI=1S/C12H16F2N2O3S/c1-3-20(18,19)15-7-8-16(9(2)17)12-10(13)5-4-6-11(12)14/h4-6,15H,3,7-8H2,1-2H3. The van der Waals surface area contributed by atoms with Crippen LogP contribution in [0.15, 0.2) is 18.2 Å². The maximum atomic E-state index is 13.6. The van der Waals surface area contributed by atoms with Crippen molar-refractivity contribution in [2.45, 2.75) is 13.8 Å². The van der Waals surface area contributed by atoms with Crippen LogP contribution in [0.4, 0.5) is 14.5 Å². The first-order valence-corrected chi connectivity index (χ1v) is 7.63. The summed E-state index contributed by atoms with van der Waals surface area (Å²) in [6.07, 6.45) is 0. The number of benzene rings is 1. The molecule has 0 heterocycles. The molecule has 5 nitrogen and oxygen atoms in total. The molecule has 0 fully saturated rings. The van der Waals surface area contributed by atoms with Gasteiger partial charge < -0.3 is 4.90 Å². The van der Waals surface area contributed by atoms with E-state index in [4.69, 9.17) is 0 Å². The molecule has 0 saturated heterocycles. The number of carbonyl (C=O) groups is 1. The van der Waals surface area contributed by atoms with E-state index in [-0.39, 0.29) is 18.8 Å². The lowest BCUT2D eigenvalue weighted by Gasteiger charge is -2.22. The number of hydrogen-bond donors (Lipinski definition) is 1. The quantitative estimate of drug-likeness (QED) is 0.860. The molecule has 8 heteroatoms. The number of rotatable bonds is 6. The van der Waals surface area contributed by atoms with E-state index < -0.39 is 33.3 Å². The molecule has 20 heavy (non-hydrogen) atoms. The van der Waals surface area contributed by atoms with E-state index in [1.807, 2.05) is 0 Å². The maximum Gasteiger partial charge on any atom is 0.224 e. The van der Waals surface area contributed by atoms with E-state index in [0.717, 1.165) is 24.0 Å². The van der Waals surface area contributed by atoms with Gasteiger partial charge in [0.1, 0.15) is 17.3 Å². The van der Waals surface area contributed by atoms with Gasteiger partial charge in [0.15, 0.2) is 0 Å². The lowest BCUT2D eigenvalue weighted by atomic mass is 10.2. The Morgan fingerprint density at radius 2 is 1.85 bits per heavy atom. The number of hydrogen-bond acceptors (Lipinski definition) is 3. The number of amides is 1. The Morgan fingerprint density at radius 1 is 1.30 bits per heavy atom. The second-order valence-electron chi connectivity index (χ2n) is 4.04. The van der Waals surface area contributed by atoms with Gasteiger partial charge in [-0.2, -0.15) is 0 Å². The Kier molecular flexibility index (Phi) is 5.58. The second-order valence-corrected chi connectivity index (χ2v) is 6.13. The molecule has 1 aromatic carbocycles. The largest absolute Gasteiger partial charge is 0.306 e. The van der Waals surface area contributed by atoms with Crippen molar-refractivity contribution >= 4 is 21.6 Å². The zero-order valence-electron chi connectivity index (χ0n) is 11.2. The SMILES string of the molecule is CCS(=O)(=O)NCCN(C(C)=O)c1c(F)cccc1F. The topological polar surface area (TPSA) is 66.5 Å². The highest BCUT2D eigenvalue weighted by molar-refractivity contribution is 7.89. The Hall–Kier alpha value is -1.54. The number of anilines is 1. The summed E-state index contributed by atoms with van der Waals surface area (Å²) in [5.74, 6) is -2.44. The molecule has 1 amide bonds. The van der Waals surface area contributed by atoms with Gasteiger partial charge in [-0.15, -0.1) is 0 Å². The highest BCUT2D eigenvalue weighted by atomic mass is 32.2. The fourth-order valence-electron chi connectivity index (χ4n) is 1.59. The predicted molar refractivity (Wildman–Crippen MR) is 71.8 cm³/mol. The summed E-state index contributed by atoms with van der Waals surface area (Å²) in [7, 11) is -3.42. The second kappa shape index (κ2) is 6.76. The van der Waals surface area contributed by atoms with Crippen LogP contribution in [0.2, 0.25) is 0 Å². The van der Waals surface area contributed by atoms with E-state index in [1.54, 1.807) is 0 Å². The molecule has 0 radical (unpaired) electrons. The lowest BCUT2D eigenvalue weighted by Crippen LogP contribution is -2.38. The van der Waals surface area contributed by atoms with Crippen molar-refractivity contribution in [2.24, 2.45) is 0 Å². The molecule has 1 rings (SSSR count). The first kappa shape index (κ1) is 16.5. The summed E-state index contributed by atoms with van der Waals surface area (Å²) in [5.41, 5.74) is -0.476. The number of para-hydroxylation sites is 1. The Bertz CT molecular complexity index is 570. The normalized spacial score (nSPS) is 11.4. The van der Waals surface area contributed by atoms with Crippen LogP contribution in [0, 0.1) is 11.6 Å². The van der Waals surface area contributed by atoms with Crippen molar-refractivity contribution in [3.63, 3.8) is 0 Å². The van der Waals surface area contributed by atoms with Crippen LogP contribution in [0.3, 0.4) is 0 Å². The average molecular weight is 306 g/mol. The summed E-state index contributed by atoms with van der Waals surface area (Å²) >= 11 is 0. The minimum absolute atomic E-state index is 0.110. The number of sulfonamides is 1. The van der Waals surface area contributed by atoms with E-state index >= 15 is 0 Å². The first-order chi connectivity index (χ1) is 9.28. The number of nitrogens with one attached hydrogen (secondary N) is 1. The fraction of sp³-hybridized carbons (Fsp3) is 0.417. The third-order valence-electron chi connectivity index (χ3n) is 2.63. The van der Waals surface area contributed by atoms with Gasteiger partial charge in [0.05, 0.1) is 5.75 Å². The maximum absolute atomic E-state index is 13.6. The Balaban J connectivity index is 2.89. The van der Waals surface area contributed by atoms with Crippen LogP contribution < -0.4 is 9.62 Å². The molecule has 1 N–H and O–H groups in total. The van der Waals surface area contributed by atoms with Gasteiger partial charge in [0.25, 0.3) is 0 Å². The molecule has 0 saturated carbocycles. The van der Waals surface area contributed by atoms with E-state index in [9.17, 15) is 22.0 Å². The predicted octanol–water partition coefficient (Wildman–Crippen LogP) is 1.26. The monoisotopic (exact) mass is 306 g/mol. The zero-order chi connectivity index (χ0) is 15.3. The van der Waals surface area contributed by atoms with Crippen LogP contribution in [-0.2, 0) is 14.8 Å². The molecule has 0 aliphatic carbocycles. The van der Waals surface area contributed by atoms with Crippen LogP contribution in [-0.4, -0.2) is 33.2 Å². The van der Waals surface area contributed by atoms with Crippen molar-refractivity contribution in [1.29, 1.82) is 0 Å². The summed E-state index contributed by atoms with van der Waals surface area (Å²) in [6, 6.07) is 3.25. The summed E-state index contributed by atoms with van der Waals surface area (Å²) in [5, 5.41) is 0. The van der Waals surface area contributed by atoms with Gasteiger partial charge >= 0.3 is 0 Å². The molecule has 0 aliphatic heterocycles. The van der Waals surface area contributed by atoms with E-state index in [2.05, 4.69) is 4.72 Å². The van der Waals surface area contributed by atoms with Crippen molar-refractivity contribution < 1.29 is 22.0 Å². The van der Waals surface area contributed by atoms with Crippen molar-refractivity contribution in [2.75, 3.05) is 23.7 Å². The third-order valence-corrected chi connectivity index (χ3v) is 4.03. The van der Waals surface area contributed by atoms with Gasteiger partial charge in [-0.1, -0.05) is 6.07 Å². The highest BCUT2D eigenvalue weighted by Crippen LogP contribution is 2.22. The lowest BCUT2D eigenvalue weighted by molar-refractivity contribution is -0.116. The Morgan fingerprint density at radius 3 is 2.30 bits per heavy atom. The minimum Gasteiger partial charge on any atom is -0.306 e. The summed E-state index contributed by atoms with van der Waals surface area (Å²) < 4.78 is 52.0. The molecule has 0 bridgehead atoms. The number of carbonyl (C=O) groups excluding carboxylic acids is 1. The van der Waals surface area contributed by atoms with Gasteiger partial charge in [-0.05, 0) is 19.1 Å². The van der Waals surface area contributed by atoms with Gasteiger partial charge in [-0.3, -0.25) is 4.79 Å². The number of halogens is 2. The molecule has 112 valence electrons. The molecule has 0 atom stereocenters. The first-order valence-electron chi connectivity index (χ1n) is 5.98. The van der Waals surface area contributed by atoms with Crippen molar-refractivity contribution in [3.05, 3.63) is 29.8 Å². The summed E-state index contributed by atoms with van der Waals surface area (Å²) in [6.45, 7) is 2.33. The van der Waals surface area contributed by atoms with E-state index in [0.29, 0.717) is 0 Å². The molecule has 0 spiro atoms. The third kappa shape index (κ3) is 4.24. The Labute approximate surface area is 116 Å². The van der Waals surface area contributed by atoms with Crippen LogP contribution in [0.5, 0.6) is 0 Å². The van der Waals surface area contributed by atoms with Crippen LogP contribution in [0.1, 0.15) is 13.8 Å². The van der Waals surface area contributed by atoms with Crippen molar-refractivity contribution in [3.8, 4) is 0 Å². The van der Waals surface area contributed by atoms with Crippen LogP contribution >= 0.6 is 0 Å². The van der Waals surface area contributed by atoms with Gasteiger partial charge in [0, 0.05) is 20.0 Å². The molecule has 0 aliphatic rings. The molecular weight excluding hydrogens is 290 g/mol. The molecule has 0 unspecified atom stereocenters. The smallest absolute Gasteiger partial charge is 0.224 e. The minimum atomic E-state index is -3.42. The summed E-state index contributed by atoms with van der Waals surface area (Å²) in [4.78, 5) is 12.4. The van der Waals surface area contributed by atoms with Crippen LogP contribution in [0.25, 0.3) is 0 Å². The molecular formula is C12H16F2N2O3S.